The van der Waals surface area contributed by atoms with Crippen LogP contribution in [0.4, 0.5) is 0 Å². The molecule has 3 nitrogen and oxygen atoms in total. The van der Waals surface area contributed by atoms with Crippen LogP contribution in [0.3, 0.4) is 0 Å². The van der Waals surface area contributed by atoms with Gasteiger partial charge >= 0.3 is 0 Å². The maximum Gasteiger partial charge on any atom is 0.0587 e. The van der Waals surface area contributed by atoms with Gasteiger partial charge in [-0.15, -0.1) is 0 Å². The van der Waals surface area contributed by atoms with E-state index in [9.17, 15) is 0 Å². The third kappa shape index (κ3) is 5.36. The highest BCUT2D eigenvalue weighted by Gasteiger charge is 2.34. The van der Waals surface area contributed by atoms with E-state index in [2.05, 4.69) is 31.1 Å². The predicted octanol–water partition coefficient (Wildman–Crippen LogP) is 1.98. The first-order chi connectivity index (χ1) is 8.06. The standard InChI is InChI=1S/C14H30N2O/c1-14(2)7-5-6-13(14)12-16(3)10-8-15-9-11-17-4/h13,15H,5-12H2,1-4H3. The molecule has 0 aromatic heterocycles. The lowest BCUT2D eigenvalue weighted by Gasteiger charge is -2.31. The Morgan fingerprint density at radius 2 is 2.12 bits per heavy atom. The molecule has 102 valence electrons. The summed E-state index contributed by atoms with van der Waals surface area (Å²) in [7, 11) is 3.99. The highest BCUT2D eigenvalue weighted by molar-refractivity contribution is 4.86. The smallest absolute Gasteiger partial charge is 0.0587 e. The summed E-state index contributed by atoms with van der Waals surface area (Å²) in [5.74, 6) is 0.881. The molecule has 0 bridgehead atoms. The molecule has 0 spiro atoms. The SMILES string of the molecule is COCCNCCN(C)CC1CCCC1(C)C. The van der Waals surface area contributed by atoms with Crippen molar-refractivity contribution in [3.05, 3.63) is 0 Å². The molecule has 0 amide bonds. The van der Waals surface area contributed by atoms with E-state index >= 15 is 0 Å². The number of nitrogens with zero attached hydrogens (tertiary/aromatic N) is 1. The van der Waals surface area contributed by atoms with Crippen LogP contribution in [0.25, 0.3) is 0 Å². The van der Waals surface area contributed by atoms with E-state index < -0.39 is 0 Å². The zero-order chi connectivity index (χ0) is 12.7. The van der Waals surface area contributed by atoms with Gasteiger partial charge in [-0.3, -0.25) is 0 Å². The summed E-state index contributed by atoms with van der Waals surface area (Å²) in [5, 5.41) is 3.40. The fourth-order valence-electron chi connectivity index (χ4n) is 2.77. The second kappa shape index (κ2) is 7.34. The summed E-state index contributed by atoms with van der Waals surface area (Å²) >= 11 is 0. The Bertz CT molecular complexity index is 206. The molecule has 1 aliphatic rings. The Kier molecular flexibility index (Phi) is 6.45. The van der Waals surface area contributed by atoms with Gasteiger partial charge in [0.15, 0.2) is 0 Å². The number of nitrogens with one attached hydrogen (secondary N) is 1. The van der Waals surface area contributed by atoms with Gasteiger partial charge in [0, 0.05) is 33.3 Å². The van der Waals surface area contributed by atoms with E-state index in [-0.39, 0.29) is 0 Å². The maximum atomic E-state index is 5.01. The van der Waals surface area contributed by atoms with Gasteiger partial charge in [-0.1, -0.05) is 20.3 Å². The number of hydrogen-bond donors (Lipinski definition) is 1. The number of ether oxygens (including phenoxy) is 1. The first kappa shape index (κ1) is 14.9. The molecule has 0 saturated heterocycles. The third-order valence-electron chi connectivity index (χ3n) is 4.16. The molecule has 1 fully saturated rings. The van der Waals surface area contributed by atoms with Crippen LogP contribution in [-0.4, -0.2) is 51.8 Å². The second-order valence-corrected chi connectivity index (χ2v) is 6.08. The average Bonchev–Trinajstić information content (AvgIpc) is 2.58. The Hall–Kier alpha value is -0.120. The molecule has 0 heterocycles. The van der Waals surface area contributed by atoms with Crippen LogP contribution in [-0.2, 0) is 4.74 Å². The molecule has 1 rings (SSSR count). The summed E-state index contributed by atoms with van der Waals surface area (Å²) in [4.78, 5) is 2.47. The molecular weight excluding hydrogens is 212 g/mol. The van der Waals surface area contributed by atoms with E-state index in [0.29, 0.717) is 5.41 Å². The van der Waals surface area contributed by atoms with Crippen molar-refractivity contribution in [2.24, 2.45) is 11.3 Å². The van der Waals surface area contributed by atoms with E-state index in [1.165, 1.54) is 25.8 Å². The van der Waals surface area contributed by atoms with Gasteiger partial charge in [-0.2, -0.15) is 0 Å². The molecule has 0 aliphatic heterocycles. The van der Waals surface area contributed by atoms with Crippen molar-refractivity contribution in [3.8, 4) is 0 Å². The molecule has 0 radical (unpaired) electrons. The van der Waals surface area contributed by atoms with Crippen LogP contribution in [0.1, 0.15) is 33.1 Å². The van der Waals surface area contributed by atoms with Gasteiger partial charge < -0.3 is 15.0 Å². The van der Waals surface area contributed by atoms with Crippen molar-refractivity contribution in [2.75, 3.05) is 46.9 Å². The van der Waals surface area contributed by atoms with Crippen LogP contribution < -0.4 is 5.32 Å². The number of likely N-dealkylation sites (N-methyl/N-ethyl adjacent to an activating group) is 1. The van der Waals surface area contributed by atoms with Gasteiger partial charge in [-0.05, 0) is 31.2 Å². The van der Waals surface area contributed by atoms with E-state index in [0.717, 1.165) is 32.2 Å². The maximum absolute atomic E-state index is 5.01. The molecule has 1 aliphatic carbocycles. The highest BCUT2D eigenvalue weighted by atomic mass is 16.5. The van der Waals surface area contributed by atoms with E-state index in [1.54, 1.807) is 7.11 Å². The van der Waals surface area contributed by atoms with Crippen molar-refractivity contribution < 1.29 is 4.74 Å². The molecule has 1 atom stereocenters. The van der Waals surface area contributed by atoms with Gasteiger partial charge in [0.25, 0.3) is 0 Å². The average molecular weight is 242 g/mol. The molecule has 1 unspecified atom stereocenters. The van der Waals surface area contributed by atoms with E-state index in [4.69, 9.17) is 4.74 Å². The van der Waals surface area contributed by atoms with Crippen LogP contribution in [0.2, 0.25) is 0 Å². The number of methoxy groups -OCH3 is 1. The number of hydrogen-bond acceptors (Lipinski definition) is 3. The van der Waals surface area contributed by atoms with Gasteiger partial charge in [0.2, 0.25) is 0 Å². The zero-order valence-electron chi connectivity index (χ0n) is 12.1. The van der Waals surface area contributed by atoms with Crippen LogP contribution in [0.5, 0.6) is 0 Å². The molecule has 1 N–H and O–H groups in total. The summed E-state index contributed by atoms with van der Waals surface area (Å²) in [6.45, 7) is 10.1. The van der Waals surface area contributed by atoms with Gasteiger partial charge in [0.05, 0.1) is 6.61 Å². The van der Waals surface area contributed by atoms with Crippen molar-refractivity contribution in [1.82, 2.24) is 10.2 Å². The Morgan fingerprint density at radius 1 is 1.35 bits per heavy atom. The van der Waals surface area contributed by atoms with Crippen molar-refractivity contribution >= 4 is 0 Å². The minimum absolute atomic E-state index is 0.553. The Balaban J connectivity index is 2.10. The quantitative estimate of drug-likeness (QED) is 0.659. The van der Waals surface area contributed by atoms with Gasteiger partial charge in [0.1, 0.15) is 0 Å². The minimum atomic E-state index is 0.553. The van der Waals surface area contributed by atoms with Crippen LogP contribution in [0, 0.1) is 11.3 Å². The van der Waals surface area contributed by atoms with Crippen molar-refractivity contribution in [1.29, 1.82) is 0 Å². The largest absolute Gasteiger partial charge is 0.383 e. The molecule has 0 aromatic rings. The normalized spacial score (nSPS) is 23.5. The van der Waals surface area contributed by atoms with Crippen molar-refractivity contribution in [3.63, 3.8) is 0 Å². The minimum Gasteiger partial charge on any atom is -0.383 e. The lowest BCUT2D eigenvalue weighted by atomic mass is 9.81. The lowest BCUT2D eigenvalue weighted by molar-refractivity contribution is 0.178. The second-order valence-electron chi connectivity index (χ2n) is 6.08. The lowest BCUT2D eigenvalue weighted by Crippen LogP contribution is -2.36. The highest BCUT2D eigenvalue weighted by Crippen LogP contribution is 2.42. The fourth-order valence-corrected chi connectivity index (χ4v) is 2.77. The molecule has 0 aromatic carbocycles. The summed E-state index contributed by atoms with van der Waals surface area (Å²) in [6.07, 6.45) is 4.23. The Labute approximate surface area is 107 Å². The Morgan fingerprint density at radius 3 is 2.71 bits per heavy atom. The zero-order valence-corrected chi connectivity index (χ0v) is 12.1. The summed E-state index contributed by atoms with van der Waals surface area (Å²) in [6, 6.07) is 0. The molecule has 1 saturated carbocycles. The summed E-state index contributed by atoms with van der Waals surface area (Å²) < 4.78 is 5.01. The van der Waals surface area contributed by atoms with Crippen LogP contribution in [0.15, 0.2) is 0 Å². The topological polar surface area (TPSA) is 24.5 Å². The molecule has 3 heteroatoms. The van der Waals surface area contributed by atoms with Crippen molar-refractivity contribution in [2.45, 2.75) is 33.1 Å². The number of rotatable bonds is 8. The first-order valence-electron chi connectivity index (χ1n) is 6.94. The van der Waals surface area contributed by atoms with E-state index in [1.807, 2.05) is 0 Å². The predicted molar refractivity (Wildman–Crippen MR) is 73.4 cm³/mol. The van der Waals surface area contributed by atoms with Gasteiger partial charge in [-0.25, -0.2) is 0 Å². The molecular formula is C14H30N2O. The summed E-state index contributed by atoms with van der Waals surface area (Å²) in [5.41, 5.74) is 0.553. The van der Waals surface area contributed by atoms with Crippen LogP contribution >= 0.6 is 0 Å². The fraction of sp³-hybridized carbons (Fsp3) is 1.00. The third-order valence-corrected chi connectivity index (χ3v) is 4.16. The molecule has 17 heavy (non-hydrogen) atoms. The monoisotopic (exact) mass is 242 g/mol. The first-order valence-corrected chi connectivity index (χ1v) is 6.94.